The molecule has 0 spiro atoms. The number of fused-ring (bicyclic) bond motifs is 1. The highest BCUT2D eigenvalue weighted by Crippen LogP contribution is 2.19. The fourth-order valence-electron chi connectivity index (χ4n) is 2.96. The average molecular weight is 338 g/mol. The molecule has 128 valence electrons. The summed E-state index contributed by atoms with van der Waals surface area (Å²) < 4.78 is 5.08. The quantitative estimate of drug-likeness (QED) is 0.775. The predicted molar refractivity (Wildman–Crippen MR) is 92.8 cm³/mol. The van der Waals surface area contributed by atoms with E-state index in [4.69, 9.17) is 4.74 Å². The molecule has 4 rings (SSSR count). The van der Waals surface area contributed by atoms with Gasteiger partial charge >= 0.3 is 0 Å². The van der Waals surface area contributed by atoms with Gasteiger partial charge in [0.15, 0.2) is 5.65 Å². The van der Waals surface area contributed by atoms with Crippen molar-refractivity contribution < 1.29 is 9.53 Å². The summed E-state index contributed by atoms with van der Waals surface area (Å²) in [4.78, 5) is 25.3. The van der Waals surface area contributed by atoms with E-state index in [2.05, 4.69) is 25.1 Å². The van der Waals surface area contributed by atoms with Crippen LogP contribution < -0.4 is 9.64 Å². The summed E-state index contributed by atoms with van der Waals surface area (Å²) in [5.41, 5.74) is 2.11. The minimum atomic E-state index is -0.0518. The topological polar surface area (TPSA) is 87.2 Å². The molecule has 25 heavy (non-hydrogen) atoms. The van der Waals surface area contributed by atoms with Crippen LogP contribution in [0.4, 0.5) is 5.69 Å². The number of carbonyl (C=O) groups is 1. The molecule has 4 heterocycles. The van der Waals surface area contributed by atoms with E-state index in [1.165, 1.54) is 0 Å². The Balaban J connectivity index is 1.42. The zero-order valence-corrected chi connectivity index (χ0v) is 13.8. The van der Waals surface area contributed by atoms with Gasteiger partial charge in [-0.2, -0.15) is 5.10 Å². The van der Waals surface area contributed by atoms with E-state index in [1.807, 2.05) is 23.1 Å². The Morgan fingerprint density at radius 2 is 1.96 bits per heavy atom. The number of H-pyrrole nitrogens is 1. The maximum absolute atomic E-state index is 12.7. The summed E-state index contributed by atoms with van der Waals surface area (Å²) in [7, 11) is 1.60. The van der Waals surface area contributed by atoms with E-state index in [0.717, 1.165) is 24.2 Å². The first kappa shape index (κ1) is 15.4. The highest BCUT2D eigenvalue weighted by atomic mass is 16.5. The minimum absolute atomic E-state index is 0.0518. The Bertz CT molecular complexity index is 884. The summed E-state index contributed by atoms with van der Waals surface area (Å²) in [5, 5.41) is 7.63. The molecule has 1 N–H and O–H groups in total. The van der Waals surface area contributed by atoms with Crippen molar-refractivity contribution in [1.29, 1.82) is 0 Å². The molecule has 8 nitrogen and oxygen atoms in total. The monoisotopic (exact) mass is 338 g/mol. The molecule has 3 aromatic heterocycles. The van der Waals surface area contributed by atoms with Crippen LogP contribution in [0.3, 0.4) is 0 Å². The predicted octanol–water partition coefficient (Wildman–Crippen LogP) is 1.32. The third kappa shape index (κ3) is 2.98. The molecule has 0 atom stereocenters. The second kappa shape index (κ2) is 6.39. The molecule has 0 aliphatic carbocycles. The number of methoxy groups -OCH3 is 1. The lowest BCUT2D eigenvalue weighted by Crippen LogP contribution is -2.49. The van der Waals surface area contributed by atoms with Crippen LogP contribution in [0, 0.1) is 0 Å². The summed E-state index contributed by atoms with van der Waals surface area (Å²) >= 11 is 0. The Kier molecular flexibility index (Phi) is 3.93. The largest absolute Gasteiger partial charge is 0.481 e. The number of piperazine rings is 1. The van der Waals surface area contributed by atoms with Gasteiger partial charge < -0.3 is 14.5 Å². The van der Waals surface area contributed by atoms with Crippen molar-refractivity contribution in [2.45, 2.75) is 0 Å². The maximum atomic E-state index is 12.7. The molecular formula is C17H18N6O2. The first-order chi connectivity index (χ1) is 12.2. The van der Waals surface area contributed by atoms with Crippen LogP contribution in [-0.2, 0) is 0 Å². The number of rotatable bonds is 3. The Hall–Kier alpha value is -3.16. The summed E-state index contributed by atoms with van der Waals surface area (Å²) in [6, 6.07) is 7.44. The SMILES string of the molecule is COc1ccc(N2CCN(C(=O)c3ccc4cn[nH]c4n3)CC2)cn1. The van der Waals surface area contributed by atoms with Crippen LogP contribution in [0.15, 0.2) is 36.7 Å². The first-order valence-electron chi connectivity index (χ1n) is 8.09. The Morgan fingerprint density at radius 1 is 1.12 bits per heavy atom. The van der Waals surface area contributed by atoms with Crippen LogP contribution in [0.1, 0.15) is 10.5 Å². The maximum Gasteiger partial charge on any atom is 0.272 e. The Labute approximate surface area is 144 Å². The fraction of sp³-hybridized carbons (Fsp3) is 0.294. The van der Waals surface area contributed by atoms with E-state index < -0.39 is 0 Å². The molecule has 1 amide bonds. The molecule has 0 aromatic carbocycles. The summed E-state index contributed by atoms with van der Waals surface area (Å²) in [5.74, 6) is 0.543. The smallest absolute Gasteiger partial charge is 0.272 e. The highest BCUT2D eigenvalue weighted by Gasteiger charge is 2.23. The zero-order valence-electron chi connectivity index (χ0n) is 13.8. The van der Waals surface area contributed by atoms with Gasteiger partial charge in [-0.25, -0.2) is 9.97 Å². The van der Waals surface area contributed by atoms with Crippen molar-refractivity contribution in [3.8, 4) is 5.88 Å². The van der Waals surface area contributed by atoms with Crippen LogP contribution in [-0.4, -0.2) is 64.3 Å². The van der Waals surface area contributed by atoms with E-state index in [0.29, 0.717) is 30.3 Å². The van der Waals surface area contributed by atoms with Gasteiger partial charge in [0.25, 0.3) is 5.91 Å². The van der Waals surface area contributed by atoms with E-state index in [-0.39, 0.29) is 5.91 Å². The van der Waals surface area contributed by atoms with Crippen LogP contribution >= 0.6 is 0 Å². The average Bonchev–Trinajstić information content (AvgIpc) is 3.15. The summed E-state index contributed by atoms with van der Waals surface area (Å²) in [6.07, 6.45) is 3.49. The summed E-state index contributed by atoms with van der Waals surface area (Å²) in [6.45, 7) is 2.80. The first-order valence-corrected chi connectivity index (χ1v) is 8.09. The second-order valence-electron chi connectivity index (χ2n) is 5.84. The van der Waals surface area contributed by atoms with Gasteiger partial charge in [-0.15, -0.1) is 0 Å². The molecule has 0 saturated carbocycles. The van der Waals surface area contributed by atoms with Gasteiger partial charge in [-0.1, -0.05) is 0 Å². The number of aromatic amines is 1. The van der Waals surface area contributed by atoms with Crippen molar-refractivity contribution in [3.05, 3.63) is 42.4 Å². The van der Waals surface area contributed by atoms with Crippen molar-refractivity contribution in [2.75, 3.05) is 38.2 Å². The lowest BCUT2D eigenvalue weighted by Gasteiger charge is -2.35. The van der Waals surface area contributed by atoms with Crippen molar-refractivity contribution in [2.24, 2.45) is 0 Å². The van der Waals surface area contributed by atoms with Gasteiger partial charge in [0, 0.05) is 37.6 Å². The van der Waals surface area contributed by atoms with Crippen molar-refractivity contribution in [3.63, 3.8) is 0 Å². The van der Waals surface area contributed by atoms with Crippen molar-refractivity contribution >= 4 is 22.6 Å². The number of nitrogens with one attached hydrogen (secondary N) is 1. The number of ether oxygens (including phenoxy) is 1. The Morgan fingerprint density at radius 3 is 2.68 bits per heavy atom. The third-order valence-corrected chi connectivity index (χ3v) is 4.38. The lowest BCUT2D eigenvalue weighted by molar-refractivity contribution is 0.0741. The lowest BCUT2D eigenvalue weighted by atomic mass is 10.2. The standard InChI is InChI=1S/C17H18N6O2/c1-25-15-5-3-13(11-18-15)22-6-8-23(9-7-22)17(24)14-4-2-12-10-19-21-16(12)20-14/h2-5,10-11H,6-9H2,1H3,(H,19,20,21). The molecule has 3 aromatic rings. The van der Waals surface area contributed by atoms with Gasteiger partial charge in [0.05, 0.1) is 25.2 Å². The number of pyridine rings is 2. The third-order valence-electron chi connectivity index (χ3n) is 4.38. The normalized spacial score (nSPS) is 14.8. The molecule has 8 heteroatoms. The van der Waals surface area contributed by atoms with E-state index in [9.17, 15) is 4.79 Å². The number of hydrogen-bond acceptors (Lipinski definition) is 6. The molecule has 1 aliphatic heterocycles. The van der Waals surface area contributed by atoms with E-state index >= 15 is 0 Å². The van der Waals surface area contributed by atoms with Crippen molar-refractivity contribution in [1.82, 2.24) is 25.1 Å². The van der Waals surface area contributed by atoms with Gasteiger partial charge in [0.2, 0.25) is 5.88 Å². The highest BCUT2D eigenvalue weighted by molar-refractivity contribution is 5.94. The van der Waals surface area contributed by atoms with Gasteiger partial charge in [-0.05, 0) is 18.2 Å². The molecule has 1 fully saturated rings. The van der Waals surface area contributed by atoms with Gasteiger partial charge in [-0.3, -0.25) is 9.89 Å². The number of aromatic nitrogens is 4. The van der Waals surface area contributed by atoms with Gasteiger partial charge in [0.1, 0.15) is 5.69 Å². The fourth-order valence-corrected chi connectivity index (χ4v) is 2.96. The number of carbonyl (C=O) groups excluding carboxylic acids is 1. The zero-order chi connectivity index (χ0) is 17.2. The molecule has 0 radical (unpaired) electrons. The van der Waals surface area contributed by atoms with Crippen LogP contribution in [0.5, 0.6) is 5.88 Å². The number of amides is 1. The van der Waals surface area contributed by atoms with Crippen LogP contribution in [0.25, 0.3) is 11.0 Å². The van der Waals surface area contributed by atoms with E-state index in [1.54, 1.807) is 25.6 Å². The molecule has 1 saturated heterocycles. The number of hydrogen-bond donors (Lipinski definition) is 1. The molecule has 0 unspecified atom stereocenters. The minimum Gasteiger partial charge on any atom is -0.481 e. The van der Waals surface area contributed by atoms with Crippen LogP contribution in [0.2, 0.25) is 0 Å². The second-order valence-corrected chi connectivity index (χ2v) is 5.84. The molecular weight excluding hydrogens is 320 g/mol. The molecule has 0 bridgehead atoms. The number of nitrogens with zero attached hydrogens (tertiary/aromatic N) is 5. The molecule has 1 aliphatic rings. The number of anilines is 1.